The molecule has 0 amide bonds. The van der Waals surface area contributed by atoms with Gasteiger partial charge in [-0.15, -0.1) is 0 Å². The highest BCUT2D eigenvalue weighted by atomic mass is 19.1. The van der Waals surface area contributed by atoms with Crippen molar-refractivity contribution in [3.05, 3.63) is 35.6 Å². The lowest BCUT2D eigenvalue weighted by molar-refractivity contribution is -0.141. The highest BCUT2D eigenvalue weighted by Gasteiger charge is 2.33. The number of hydrogen-bond acceptors (Lipinski definition) is 2. The Morgan fingerprint density at radius 2 is 2.00 bits per heavy atom. The molecule has 0 bridgehead atoms. The van der Waals surface area contributed by atoms with Crippen LogP contribution in [0.25, 0.3) is 0 Å². The van der Waals surface area contributed by atoms with Crippen LogP contribution in [-0.2, 0) is 16.0 Å². The molecule has 1 rings (SSSR count). The SMILES string of the molecule is CCC(CC)(OC)C(=O)Cc1cccc(F)c1. The summed E-state index contributed by atoms with van der Waals surface area (Å²) in [4.78, 5) is 12.2. The van der Waals surface area contributed by atoms with Crippen LogP contribution < -0.4 is 0 Å². The molecule has 0 radical (unpaired) electrons. The molecule has 0 unspecified atom stereocenters. The van der Waals surface area contributed by atoms with Crippen molar-refractivity contribution in [1.82, 2.24) is 0 Å². The molecule has 0 heterocycles. The van der Waals surface area contributed by atoms with E-state index in [9.17, 15) is 9.18 Å². The Morgan fingerprint density at radius 1 is 1.35 bits per heavy atom. The molecule has 1 aromatic carbocycles. The Labute approximate surface area is 102 Å². The number of rotatable bonds is 6. The highest BCUT2D eigenvalue weighted by Crippen LogP contribution is 2.23. The predicted molar refractivity (Wildman–Crippen MR) is 65.4 cm³/mol. The molecule has 0 aliphatic carbocycles. The Kier molecular flexibility index (Phi) is 4.82. The van der Waals surface area contributed by atoms with Crippen LogP contribution in [0.4, 0.5) is 4.39 Å². The van der Waals surface area contributed by atoms with Crippen molar-refractivity contribution >= 4 is 5.78 Å². The third-order valence-corrected chi connectivity index (χ3v) is 3.29. The average molecular weight is 238 g/mol. The first-order valence-corrected chi connectivity index (χ1v) is 5.91. The maximum absolute atomic E-state index is 13.0. The van der Waals surface area contributed by atoms with E-state index in [0.717, 1.165) is 0 Å². The molecular weight excluding hydrogens is 219 g/mol. The molecular formula is C14H19FO2. The van der Waals surface area contributed by atoms with Crippen molar-refractivity contribution in [2.45, 2.75) is 38.7 Å². The quantitative estimate of drug-likeness (QED) is 0.761. The van der Waals surface area contributed by atoms with Crippen molar-refractivity contribution in [1.29, 1.82) is 0 Å². The summed E-state index contributed by atoms with van der Waals surface area (Å²) in [5.41, 5.74) is -0.0370. The second-order valence-electron chi connectivity index (χ2n) is 4.14. The van der Waals surface area contributed by atoms with E-state index in [2.05, 4.69) is 0 Å². The van der Waals surface area contributed by atoms with Gasteiger partial charge in [0.2, 0.25) is 0 Å². The number of carbonyl (C=O) groups is 1. The van der Waals surface area contributed by atoms with Gasteiger partial charge in [-0.3, -0.25) is 4.79 Å². The van der Waals surface area contributed by atoms with Gasteiger partial charge in [0.1, 0.15) is 11.4 Å². The Hall–Kier alpha value is -1.22. The molecule has 0 aliphatic heterocycles. The molecule has 0 N–H and O–H groups in total. The van der Waals surface area contributed by atoms with Crippen LogP contribution in [0.3, 0.4) is 0 Å². The van der Waals surface area contributed by atoms with Crippen molar-refractivity contribution in [3.8, 4) is 0 Å². The fraction of sp³-hybridized carbons (Fsp3) is 0.500. The number of ether oxygens (including phenoxy) is 1. The average Bonchev–Trinajstić information content (AvgIpc) is 2.32. The summed E-state index contributed by atoms with van der Waals surface area (Å²) in [6, 6.07) is 6.14. The lowest BCUT2D eigenvalue weighted by Gasteiger charge is -2.28. The second-order valence-corrected chi connectivity index (χ2v) is 4.14. The lowest BCUT2D eigenvalue weighted by Crippen LogP contribution is -2.40. The third kappa shape index (κ3) is 3.13. The minimum atomic E-state index is -0.730. The minimum Gasteiger partial charge on any atom is -0.370 e. The number of methoxy groups -OCH3 is 1. The van der Waals surface area contributed by atoms with Gasteiger partial charge in [-0.25, -0.2) is 4.39 Å². The van der Waals surface area contributed by atoms with Gasteiger partial charge in [-0.2, -0.15) is 0 Å². The zero-order valence-corrected chi connectivity index (χ0v) is 10.6. The summed E-state index contributed by atoms with van der Waals surface area (Å²) in [5.74, 6) is -0.304. The van der Waals surface area contributed by atoms with E-state index < -0.39 is 5.60 Å². The van der Waals surface area contributed by atoms with Gasteiger partial charge in [0.15, 0.2) is 5.78 Å². The number of Topliss-reactive ketones (excluding diaryl/α,β-unsaturated/α-hetero) is 1. The Balaban J connectivity index is 2.84. The number of benzene rings is 1. The van der Waals surface area contributed by atoms with E-state index in [1.165, 1.54) is 12.1 Å². The first-order valence-electron chi connectivity index (χ1n) is 5.91. The molecule has 1 aromatic rings. The van der Waals surface area contributed by atoms with Gasteiger partial charge in [0.05, 0.1) is 0 Å². The number of ketones is 1. The topological polar surface area (TPSA) is 26.3 Å². The van der Waals surface area contributed by atoms with Crippen LogP contribution in [-0.4, -0.2) is 18.5 Å². The van der Waals surface area contributed by atoms with Gasteiger partial charge in [0, 0.05) is 13.5 Å². The van der Waals surface area contributed by atoms with Gasteiger partial charge < -0.3 is 4.74 Å². The molecule has 0 spiro atoms. The largest absolute Gasteiger partial charge is 0.370 e. The van der Waals surface area contributed by atoms with E-state index in [0.29, 0.717) is 18.4 Å². The zero-order valence-electron chi connectivity index (χ0n) is 10.6. The molecule has 0 saturated heterocycles. The normalized spacial score (nSPS) is 11.5. The predicted octanol–water partition coefficient (Wildman–Crippen LogP) is 3.14. The van der Waals surface area contributed by atoms with E-state index >= 15 is 0 Å². The first-order chi connectivity index (χ1) is 8.07. The number of carbonyl (C=O) groups excluding carboxylic acids is 1. The number of hydrogen-bond donors (Lipinski definition) is 0. The van der Waals surface area contributed by atoms with E-state index in [1.54, 1.807) is 19.2 Å². The minimum absolute atomic E-state index is 0.00981. The summed E-state index contributed by atoms with van der Waals surface area (Å²) in [6.45, 7) is 3.85. The summed E-state index contributed by atoms with van der Waals surface area (Å²) in [7, 11) is 1.55. The maximum atomic E-state index is 13.0. The summed E-state index contributed by atoms with van der Waals surface area (Å²) >= 11 is 0. The van der Waals surface area contributed by atoms with Crippen LogP contribution >= 0.6 is 0 Å². The van der Waals surface area contributed by atoms with Crippen molar-refractivity contribution < 1.29 is 13.9 Å². The fourth-order valence-corrected chi connectivity index (χ4v) is 2.04. The Bertz CT molecular complexity index is 375. The molecule has 3 heteroatoms. The third-order valence-electron chi connectivity index (χ3n) is 3.29. The number of halogens is 1. The Morgan fingerprint density at radius 3 is 2.47 bits per heavy atom. The fourth-order valence-electron chi connectivity index (χ4n) is 2.04. The summed E-state index contributed by atoms with van der Waals surface area (Å²) in [6.07, 6.45) is 1.48. The van der Waals surface area contributed by atoms with E-state index in [4.69, 9.17) is 4.74 Å². The summed E-state index contributed by atoms with van der Waals surface area (Å²) < 4.78 is 18.4. The lowest BCUT2D eigenvalue weighted by atomic mass is 9.88. The molecule has 0 fully saturated rings. The van der Waals surface area contributed by atoms with Crippen molar-refractivity contribution in [3.63, 3.8) is 0 Å². The molecule has 17 heavy (non-hydrogen) atoms. The molecule has 0 saturated carbocycles. The maximum Gasteiger partial charge on any atom is 0.168 e. The zero-order chi connectivity index (χ0) is 12.9. The molecule has 0 aliphatic rings. The molecule has 0 aromatic heterocycles. The van der Waals surface area contributed by atoms with Crippen LogP contribution in [0.2, 0.25) is 0 Å². The van der Waals surface area contributed by atoms with Gasteiger partial charge >= 0.3 is 0 Å². The molecule has 0 atom stereocenters. The summed E-state index contributed by atoms with van der Waals surface area (Å²) in [5, 5.41) is 0. The monoisotopic (exact) mass is 238 g/mol. The van der Waals surface area contributed by atoms with Crippen LogP contribution in [0, 0.1) is 5.82 Å². The van der Waals surface area contributed by atoms with Crippen LogP contribution in [0.1, 0.15) is 32.3 Å². The van der Waals surface area contributed by atoms with E-state index in [1.807, 2.05) is 13.8 Å². The molecule has 2 nitrogen and oxygen atoms in total. The first kappa shape index (κ1) is 13.8. The van der Waals surface area contributed by atoms with Crippen LogP contribution in [0.15, 0.2) is 24.3 Å². The standard InChI is InChI=1S/C14H19FO2/c1-4-14(5-2,17-3)13(16)10-11-7-6-8-12(15)9-11/h6-9H,4-5,10H2,1-3H3. The van der Waals surface area contributed by atoms with Crippen LogP contribution in [0.5, 0.6) is 0 Å². The van der Waals surface area contributed by atoms with Gasteiger partial charge in [-0.1, -0.05) is 26.0 Å². The van der Waals surface area contributed by atoms with E-state index in [-0.39, 0.29) is 18.0 Å². The van der Waals surface area contributed by atoms with Crippen molar-refractivity contribution in [2.24, 2.45) is 0 Å². The highest BCUT2D eigenvalue weighted by molar-refractivity contribution is 5.89. The molecule has 94 valence electrons. The second kappa shape index (κ2) is 5.92. The van der Waals surface area contributed by atoms with Gasteiger partial charge in [0.25, 0.3) is 0 Å². The van der Waals surface area contributed by atoms with Gasteiger partial charge in [-0.05, 0) is 30.5 Å². The smallest absolute Gasteiger partial charge is 0.168 e. The van der Waals surface area contributed by atoms with Crippen molar-refractivity contribution in [2.75, 3.05) is 7.11 Å².